The largest absolute Gasteiger partial charge is 0.236 e. The molecule has 25 heavy (non-hydrogen) atoms. The second-order valence-electron chi connectivity index (χ2n) is 6.17. The highest BCUT2D eigenvalue weighted by Gasteiger charge is 2.14. The van der Waals surface area contributed by atoms with Gasteiger partial charge in [0, 0.05) is 23.4 Å². The van der Waals surface area contributed by atoms with Crippen LogP contribution in [0.25, 0.3) is 28.2 Å². The lowest BCUT2D eigenvalue weighted by molar-refractivity contribution is 0.947. The minimum Gasteiger partial charge on any atom is -0.236 e. The van der Waals surface area contributed by atoms with E-state index in [1.54, 1.807) is 10.7 Å². The van der Waals surface area contributed by atoms with E-state index in [-0.39, 0.29) is 0 Å². The maximum Gasteiger partial charge on any atom is 0.156 e. The van der Waals surface area contributed by atoms with Gasteiger partial charge in [-0.2, -0.15) is 10.4 Å². The van der Waals surface area contributed by atoms with E-state index in [0.717, 1.165) is 33.7 Å². The van der Waals surface area contributed by atoms with E-state index in [1.807, 2.05) is 31.2 Å². The van der Waals surface area contributed by atoms with Crippen LogP contribution in [0.5, 0.6) is 0 Å². The molecule has 4 rings (SSSR count). The number of hydrogen-bond acceptors (Lipinski definition) is 3. The maximum absolute atomic E-state index is 9.53. The van der Waals surface area contributed by atoms with Gasteiger partial charge in [0.05, 0.1) is 17.0 Å². The third-order valence-electron chi connectivity index (χ3n) is 4.24. The van der Waals surface area contributed by atoms with Gasteiger partial charge in [-0.3, -0.25) is 0 Å². The molecule has 0 spiro atoms. The third-order valence-corrected chi connectivity index (χ3v) is 4.24. The van der Waals surface area contributed by atoms with E-state index >= 15 is 0 Å². The van der Waals surface area contributed by atoms with Crippen molar-refractivity contribution < 1.29 is 0 Å². The van der Waals surface area contributed by atoms with Crippen LogP contribution in [0.2, 0.25) is 0 Å². The van der Waals surface area contributed by atoms with Crippen LogP contribution in [0.4, 0.5) is 0 Å². The SMILES string of the molecule is Cc1ccc(-c2cc3ncc(C#N)c(-c4cccc(C)c4)n3n2)cc1. The topological polar surface area (TPSA) is 54.0 Å². The molecule has 0 unspecified atom stereocenters. The van der Waals surface area contributed by atoms with Crippen LogP contribution < -0.4 is 0 Å². The first-order valence-electron chi connectivity index (χ1n) is 8.08. The molecule has 0 saturated heterocycles. The molecule has 0 aliphatic carbocycles. The van der Waals surface area contributed by atoms with Gasteiger partial charge in [0.1, 0.15) is 6.07 Å². The molecule has 2 aromatic carbocycles. The molecular formula is C21H16N4. The smallest absolute Gasteiger partial charge is 0.156 e. The van der Waals surface area contributed by atoms with E-state index < -0.39 is 0 Å². The molecule has 0 aliphatic heterocycles. The van der Waals surface area contributed by atoms with Crippen LogP contribution in [0.3, 0.4) is 0 Å². The Morgan fingerprint density at radius 3 is 2.44 bits per heavy atom. The second-order valence-corrected chi connectivity index (χ2v) is 6.17. The van der Waals surface area contributed by atoms with Crippen molar-refractivity contribution in [3.8, 4) is 28.6 Å². The molecule has 120 valence electrons. The van der Waals surface area contributed by atoms with Gasteiger partial charge >= 0.3 is 0 Å². The predicted molar refractivity (Wildman–Crippen MR) is 98.0 cm³/mol. The van der Waals surface area contributed by atoms with E-state index in [1.165, 1.54) is 5.56 Å². The zero-order valence-electron chi connectivity index (χ0n) is 14.1. The molecule has 2 aromatic heterocycles. The highest BCUT2D eigenvalue weighted by molar-refractivity contribution is 5.72. The van der Waals surface area contributed by atoms with Gasteiger partial charge in [-0.25, -0.2) is 9.50 Å². The highest BCUT2D eigenvalue weighted by Crippen LogP contribution is 2.27. The van der Waals surface area contributed by atoms with Crippen molar-refractivity contribution >= 4 is 5.65 Å². The quantitative estimate of drug-likeness (QED) is 0.543. The summed E-state index contributed by atoms with van der Waals surface area (Å²) in [6, 6.07) is 20.5. The van der Waals surface area contributed by atoms with Crippen LogP contribution in [0.15, 0.2) is 60.8 Å². The van der Waals surface area contributed by atoms with Gasteiger partial charge in [-0.15, -0.1) is 0 Å². The highest BCUT2D eigenvalue weighted by atomic mass is 15.3. The van der Waals surface area contributed by atoms with Gasteiger partial charge < -0.3 is 0 Å². The zero-order valence-corrected chi connectivity index (χ0v) is 14.1. The van der Waals surface area contributed by atoms with Gasteiger partial charge in [-0.05, 0) is 19.9 Å². The van der Waals surface area contributed by atoms with Crippen molar-refractivity contribution in [2.24, 2.45) is 0 Å². The Hall–Kier alpha value is -3.45. The Morgan fingerprint density at radius 2 is 1.72 bits per heavy atom. The molecule has 0 amide bonds. The Kier molecular flexibility index (Phi) is 3.55. The van der Waals surface area contributed by atoms with Crippen LogP contribution in [0, 0.1) is 25.2 Å². The number of nitrogens with zero attached hydrogens (tertiary/aromatic N) is 4. The third kappa shape index (κ3) is 2.66. The summed E-state index contributed by atoms with van der Waals surface area (Å²) in [5.41, 5.74) is 7.19. The Balaban J connectivity index is 1.98. The summed E-state index contributed by atoms with van der Waals surface area (Å²) < 4.78 is 1.77. The summed E-state index contributed by atoms with van der Waals surface area (Å²) in [5.74, 6) is 0. The fraction of sp³-hybridized carbons (Fsp3) is 0.0952. The predicted octanol–water partition coefficient (Wildman–Crippen LogP) is 4.55. The van der Waals surface area contributed by atoms with E-state index in [0.29, 0.717) is 5.56 Å². The lowest BCUT2D eigenvalue weighted by Gasteiger charge is -2.07. The lowest BCUT2D eigenvalue weighted by atomic mass is 10.1. The van der Waals surface area contributed by atoms with Crippen LogP contribution >= 0.6 is 0 Å². The fourth-order valence-electron chi connectivity index (χ4n) is 2.95. The number of rotatable bonds is 2. The number of nitriles is 1. The molecule has 0 saturated carbocycles. The summed E-state index contributed by atoms with van der Waals surface area (Å²) in [7, 11) is 0. The summed E-state index contributed by atoms with van der Waals surface area (Å²) in [5, 5.41) is 14.3. The molecule has 4 heteroatoms. The molecule has 0 atom stereocenters. The van der Waals surface area contributed by atoms with Crippen molar-refractivity contribution in [3.63, 3.8) is 0 Å². The van der Waals surface area contributed by atoms with Crippen molar-refractivity contribution in [1.29, 1.82) is 5.26 Å². The molecule has 0 radical (unpaired) electrons. The first-order valence-corrected chi connectivity index (χ1v) is 8.08. The monoisotopic (exact) mass is 324 g/mol. The Labute approximate surface area is 146 Å². The molecule has 4 aromatic rings. The maximum atomic E-state index is 9.53. The van der Waals surface area contributed by atoms with Crippen molar-refractivity contribution in [3.05, 3.63) is 77.5 Å². The molecule has 2 heterocycles. The molecule has 0 bridgehead atoms. The summed E-state index contributed by atoms with van der Waals surface area (Å²) in [6.07, 6.45) is 1.62. The number of hydrogen-bond donors (Lipinski definition) is 0. The Bertz CT molecular complexity index is 1120. The summed E-state index contributed by atoms with van der Waals surface area (Å²) >= 11 is 0. The van der Waals surface area contributed by atoms with Crippen LogP contribution in [-0.4, -0.2) is 14.6 Å². The first-order chi connectivity index (χ1) is 12.2. The van der Waals surface area contributed by atoms with Gasteiger partial charge in [0.2, 0.25) is 0 Å². The Morgan fingerprint density at radius 1 is 0.920 bits per heavy atom. The number of fused-ring (bicyclic) bond motifs is 1. The van der Waals surface area contributed by atoms with Crippen molar-refractivity contribution in [2.45, 2.75) is 13.8 Å². The fourth-order valence-corrected chi connectivity index (χ4v) is 2.95. The second kappa shape index (κ2) is 5.88. The minimum atomic E-state index is 0.511. The van der Waals surface area contributed by atoms with Gasteiger partial charge in [-0.1, -0.05) is 53.6 Å². The van der Waals surface area contributed by atoms with E-state index in [9.17, 15) is 5.26 Å². The van der Waals surface area contributed by atoms with E-state index in [4.69, 9.17) is 5.10 Å². The molecule has 0 aliphatic rings. The molecule has 0 N–H and O–H groups in total. The van der Waals surface area contributed by atoms with Gasteiger partial charge in [0.15, 0.2) is 5.65 Å². The first kappa shape index (κ1) is 15.1. The molecule has 0 fully saturated rings. The normalized spacial score (nSPS) is 10.8. The van der Waals surface area contributed by atoms with Crippen LogP contribution in [-0.2, 0) is 0 Å². The average molecular weight is 324 g/mol. The number of benzene rings is 2. The van der Waals surface area contributed by atoms with Crippen molar-refractivity contribution in [2.75, 3.05) is 0 Å². The van der Waals surface area contributed by atoms with Gasteiger partial charge in [0.25, 0.3) is 0 Å². The zero-order chi connectivity index (χ0) is 17.4. The lowest BCUT2D eigenvalue weighted by Crippen LogP contribution is -2.00. The van der Waals surface area contributed by atoms with Crippen molar-refractivity contribution in [1.82, 2.24) is 14.6 Å². The average Bonchev–Trinajstić information content (AvgIpc) is 3.05. The number of aryl methyl sites for hydroxylation is 2. The number of aromatic nitrogens is 3. The summed E-state index contributed by atoms with van der Waals surface area (Å²) in [6.45, 7) is 4.10. The molecule has 4 nitrogen and oxygen atoms in total. The standard InChI is InChI=1S/C21H16N4/c1-14-6-8-16(9-7-14)19-11-20-23-13-18(12-22)21(25(20)24-19)17-5-3-4-15(2)10-17/h3-11,13H,1-2H3. The summed E-state index contributed by atoms with van der Waals surface area (Å²) in [4.78, 5) is 4.40. The molecular weight excluding hydrogens is 308 g/mol. The minimum absolute atomic E-state index is 0.511. The van der Waals surface area contributed by atoms with Crippen LogP contribution in [0.1, 0.15) is 16.7 Å². The van der Waals surface area contributed by atoms with E-state index in [2.05, 4.69) is 48.3 Å².